The minimum absolute atomic E-state index is 0.0600. The number of aromatic nitrogens is 2. The van der Waals surface area contributed by atoms with Crippen molar-refractivity contribution in [2.75, 3.05) is 14.2 Å². The van der Waals surface area contributed by atoms with Crippen LogP contribution in [-0.2, 0) is 6.54 Å². The van der Waals surface area contributed by atoms with Crippen molar-refractivity contribution in [3.8, 4) is 11.4 Å². The van der Waals surface area contributed by atoms with Crippen LogP contribution in [-0.4, -0.2) is 45.9 Å². The topological polar surface area (TPSA) is 50.5 Å². The van der Waals surface area contributed by atoms with E-state index in [4.69, 9.17) is 4.74 Å². The van der Waals surface area contributed by atoms with Gasteiger partial charge < -0.3 is 14.4 Å². The lowest BCUT2D eigenvalue weighted by Crippen LogP contribution is -2.31. The SMILES string of the molecule is COc1ccc(-n2ccnc2CN(C)C2C[C@H]3CC(O)C[C@H]3C2)cc1. The van der Waals surface area contributed by atoms with E-state index in [-0.39, 0.29) is 6.10 Å². The molecule has 2 aliphatic rings. The third kappa shape index (κ3) is 3.31. The maximum Gasteiger partial charge on any atom is 0.127 e. The van der Waals surface area contributed by atoms with Crippen molar-refractivity contribution < 1.29 is 9.84 Å². The van der Waals surface area contributed by atoms with E-state index in [1.807, 2.05) is 24.5 Å². The second-order valence-corrected chi connectivity index (χ2v) is 7.60. The van der Waals surface area contributed by atoms with E-state index in [2.05, 4.69) is 33.6 Å². The predicted molar refractivity (Wildman–Crippen MR) is 96.8 cm³/mol. The highest BCUT2D eigenvalue weighted by atomic mass is 16.5. The van der Waals surface area contributed by atoms with Crippen LogP contribution in [0.5, 0.6) is 5.75 Å². The smallest absolute Gasteiger partial charge is 0.127 e. The van der Waals surface area contributed by atoms with Gasteiger partial charge in [-0.3, -0.25) is 4.90 Å². The van der Waals surface area contributed by atoms with E-state index in [0.717, 1.165) is 36.6 Å². The third-order valence-corrected chi connectivity index (χ3v) is 6.05. The van der Waals surface area contributed by atoms with Crippen molar-refractivity contribution in [1.29, 1.82) is 0 Å². The Labute approximate surface area is 149 Å². The summed E-state index contributed by atoms with van der Waals surface area (Å²) in [6, 6.07) is 8.68. The lowest BCUT2D eigenvalue weighted by molar-refractivity contribution is 0.157. The van der Waals surface area contributed by atoms with Crippen LogP contribution in [0.3, 0.4) is 0 Å². The van der Waals surface area contributed by atoms with E-state index in [0.29, 0.717) is 17.9 Å². The van der Waals surface area contributed by atoms with Crippen LogP contribution in [0.25, 0.3) is 5.69 Å². The lowest BCUT2D eigenvalue weighted by atomic mass is 10.0. The summed E-state index contributed by atoms with van der Waals surface area (Å²) in [5.74, 6) is 3.35. The number of fused-ring (bicyclic) bond motifs is 1. The molecular formula is C20H27N3O2. The van der Waals surface area contributed by atoms with Crippen molar-refractivity contribution in [1.82, 2.24) is 14.5 Å². The highest BCUT2D eigenvalue weighted by Gasteiger charge is 2.42. The molecule has 0 amide bonds. The first kappa shape index (κ1) is 16.6. The maximum atomic E-state index is 9.83. The van der Waals surface area contributed by atoms with Gasteiger partial charge in [0.05, 0.1) is 19.8 Å². The molecule has 4 rings (SSSR count). The molecule has 5 nitrogen and oxygen atoms in total. The summed E-state index contributed by atoms with van der Waals surface area (Å²) in [5, 5.41) is 9.83. The van der Waals surface area contributed by atoms with Crippen molar-refractivity contribution in [3.05, 3.63) is 42.5 Å². The number of aliphatic hydroxyl groups is 1. The van der Waals surface area contributed by atoms with Gasteiger partial charge in [0.15, 0.2) is 0 Å². The summed E-state index contributed by atoms with van der Waals surface area (Å²) in [5.41, 5.74) is 1.10. The molecule has 2 saturated carbocycles. The fourth-order valence-electron chi connectivity index (χ4n) is 4.69. The molecule has 25 heavy (non-hydrogen) atoms. The number of aliphatic hydroxyl groups excluding tert-OH is 1. The molecule has 2 unspecified atom stereocenters. The molecule has 2 aliphatic carbocycles. The van der Waals surface area contributed by atoms with Gasteiger partial charge in [-0.15, -0.1) is 0 Å². The number of nitrogens with zero attached hydrogens (tertiary/aromatic N) is 3. The second-order valence-electron chi connectivity index (χ2n) is 7.60. The van der Waals surface area contributed by atoms with Crippen LogP contribution < -0.4 is 4.74 Å². The molecule has 0 saturated heterocycles. The summed E-state index contributed by atoms with van der Waals surface area (Å²) in [7, 11) is 3.89. The predicted octanol–water partition coefficient (Wildman–Crippen LogP) is 2.86. The first-order valence-corrected chi connectivity index (χ1v) is 9.19. The Bertz CT molecular complexity index is 698. The van der Waals surface area contributed by atoms with Gasteiger partial charge in [0.2, 0.25) is 0 Å². The molecule has 2 aromatic rings. The first-order chi connectivity index (χ1) is 12.1. The highest BCUT2D eigenvalue weighted by molar-refractivity contribution is 5.38. The normalized spacial score (nSPS) is 28.5. The fraction of sp³-hybridized carbons (Fsp3) is 0.550. The van der Waals surface area contributed by atoms with Gasteiger partial charge in [0.25, 0.3) is 0 Å². The van der Waals surface area contributed by atoms with Crippen molar-refractivity contribution in [3.63, 3.8) is 0 Å². The van der Waals surface area contributed by atoms with E-state index in [1.165, 1.54) is 12.8 Å². The van der Waals surface area contributed by atoms with E-state index in [1.54, 1.807) is 7.11 Å². The number of hydrogen-bond donors (Lipinski definition) is 1. The van der Waals surface area contributed by atoms with Crippen LogP contribution in [0.15, 0.2) is 36.7 Å². The van der Waals surface area contributed by atoms with E-state index >= 15 is 0 Å². The monoisotopic (exact) mass is 341 g/mol. The average Bonchev–Trinajstić information content (AvgIpc) is 3.29. The van der Waals surface area contributed by atoms with Crippen molar-refractivity contribution in [2.24, 2.45) is 11.8 Å². The molecule has 0 spiro atoms. The Balaban J connectivity index is 1.44. The van der Waals surface area contributed by atoms with Gasteiger partial charge in [-0.2, -0.15) is 0 Å². The molecule has 2 fully saturated rings. The Morgan fingerprint density at radius 2 is 1.84 bits per heavy atom. The molecule has 0 radical (unpaired) electrons. The van der Waals surface area contributed by atoms with Crippen LogP contribution in [0.2, 0.25) is 0 Å². The molecule has 134 valence electrons. The molecule has 0 bridgehead atoms. The quantitative estimate of drug-likeness (QED) is 0.908. The number of imidazole rings is 1. The summed E-state index contributed by atoms with van der Waals surface area (Å²) in [6.45, 7) is 0.839. The summed E-state index contributed by atoms with van der Waals surface area (Å²) in [6.07, 6.45) is 8.24. The van der Waals surface area contributed by atoms with Gasteiger partial charge in [-0.1, -0.05) is 0 Å². The largest absolute Gasteiger partial charge is 0.497 e. The molecule has 0 aliphatic heterocycles. The molecule has 5 heteroatoms. The Morgan fingerprint density at radius 1 is 1.16 bits per heavy atom. The van der Waals surface area contributed by atoms with Gasteiger partial charge in [-0.05, 0) is 68.8 Å². The number of hydrogen-bond acceptors (Lipinski definition) is 4. The summed E-state index contributed by atoms with van der Waals surface area (Å²) in [4.78, 5) is 7.02. The Kier molecular flexibility index (Phi) is 4.52. The molecule has 4 atom stereocenters. The Hall–Kier alpha value is -1.85. The minimum Gasteiger partial charge on any atom is -0.497 e. The molecular weight excluding hydrogens is 314 g/mol. The fourth-order valence-corrected chi connectivity index (χ4v) is 4.69. The lowest BCUT2D eigenvalue weighted by Gasteiger charge is -2.25. The van der Waals surface area contributed by atoms with Gasteiger partial charge in [0, 0.05) is 24.1 Å². The van der Waals surface area contributed by atoms with E-state index < -0.39 is 0 Å². The zero-order valence-corrected chi connectivity index (χ0v) is 15.0. The molecule has 1 aromatic carbocycles. The second kappa shape index (κ2) is 6.81. The van der Waals surface area contributed by atoms with Crippen LogP contribution in [0.4, 0.5) is 0 Å². The Morgan fingerprint density at radius 3 is 2.48 bits per heavy atom. The average molecular weight is 341 g/mol. The molecule has 1 heterocycles. The minimum atomic E-state index is -0.0600. The van der Waals surface area contributed by atoms with Gasteiger partial charge in [0.1, 0.15) is 11.6 Å². The third-order valence-electron chi connectivity index (χ3n) is 6.05. The van der Waals surface area contributed by atoms with Crippen molar-refractivity contribution in [2.45, 2.75) is 44.4 Å². The zero-order valence-electron chi connectivity index (χ0n) is 15.0. The van der Waals surface area contributed by atoms with E-state index in [9.17, 15) is 5.11 Å². The number of ether oxygens (including phenoxy) is 1. The summed E-state index contributed by atoms with van der Waals surface area (Å²) < 4.78 is 7.39. The number of benzene rings is 1. The van der Waals surface area contributed by atoms with Crippen LogP contribution >= 0.6 is 0 Å². The zero-order chi connectivity index (χ0) is 17.4. The van der Waals surface area contributed by atoms with Crippen LogP contribution in [0, 0.1) is 11.8 Å². The van der Waals surface area contributed by atoms with Gasteiger partial charge >= 0.3 is 0 Å². The molecule has 1 aromatic heterocycles. The van der Waals surface area contributed by atoms with Gasteiger partial charge in [-0.25, -0.2) is 4.98 Å². The number of methoxy groups -OCH3 is 1. The highest BCUT2D eigenvalue weighted by Crippen LogP contribution is 2.45. The van der Waals surface area contributed by atoms with Crippen molar-refractivity contribution >= 4 is 0 Å². The number of rotatable bonds is 5. The summed E-state index contributed by atoms with van der Waals surface area (Å²) >= 11 is 0. The maximum absolute atomic E-state index is 9.83. The van der Waals surface area contributed by atoms with Crippen LogP contribution in [0.1, 0.15) is 31.5 Å². The first-order valence-electron chi connectivity index (χ1n) is 9.19. The molecule has 1 N–H and O–H groups in total. The standard InChI is InChI=1S/C20H27N3O2/c1-22(17-9-14-11-18(24)12-15(14)10-17)13-20-21-7-8-23(20)16-3-5-19(25-2)6-4-16/h3-8,14-15,17-18,24H,9-13H2,1-2H3/t14-,15+,17?,18?.